The van der Waals surface area contributed by atoms with Gasteiger partial charge in [-0.15, -0.1) is 11.3 Å². The fourth-order valence-electron chi connectivity index (χ4n) is 0.653. The summed E-state index contributed by atoms with van der Waals surface area (Å²) in [6.45, 7) is 0.419. The molecule has 0 aromatic carbocycles. The minimum atomic E-state index is -0.598. The van der Waals surface area contributed by atoms with Crippen LogP contribution in [0.1, 0.15) is 4.88 Å². The Labute approximate surface area is 82.1 Å². The molecule has 0 saturated heterocycles. The molecule has 5 heteroatoms. The third-order valence-corrected chi connectivity index (χ3v) is 2.84. The predicted molar refractivity (Wildman–Crippen MR) is 49.5 cm³/mol. The van der Waals surface area contributed by atoms with E-state index in [1.54, 1.807) is 0 Å². The maximum Gasteiger partial charge on any atom is 0.322 e. The van der Waals surface area contributed by atoms with E-state index in [0.717, 1.165) is 9.35 Å². The van der Waals surface area contributed by atoms with E-state index < -0.39 is 5.91 Å². The molecule has 0 saturated carbocycles. The number of hydrogen-bond acceptors (Lipinski definition) is 3. The van der Waals surface area contributed by atoms with Crippen LogP contribution in [0, 0.1) is 11.3 Å². The summed E-state index contributed by atoms with van der Waals surface area (Å²) in [5.41, 5.74) is 0. The van der Waals surface area contributed by atoms with Crippen LogP contribution in [0.3, 0.4) is 0 Å². The maximum atomic E-state index is 10.5. The highest BCUT2D eigenvalue weighted by molar-refractivity contribution is 9.10. The van der Waals surface area contributed by atoms with Crippen molar-refractivity contribution in [1.82, 2.24) is 5.32 Å². The summed E-state index contributed by atoms with van der Waals surface area (Å²) < 4.78 is 0.994. The van der Waals surface area contributed by atoms with E-state index in [4.69, 9.17) is 5.26 Å². The minimum absolute atomic E-state index is 0.419. The number of nitriles is 1. The molecule has 0 spiro atoms. The van der Waals surface area contributed by atoms with Crippen molar-refractivity contribution in [3.05, 3.63) is 20.8 Å². The monoisotopic (exact) mass is 244 g/mol. The van der Waals surface area contributed by atoms with Crippen molar-refractivity contribution >= 4 is 33.2 Å². The van der Waals surface area contributed by atoms with Gasteiger partial charge < -0.3 is 5.32 Å². The van der Waals surface area contributed by atoms with Crippen molar-refractivity contribution in [3.63, 3.8) is 0 Å². The molecule has 1 rings (SSSR count). The van der Waals surface area contributed by atoms with Crippen LogP contribution in [0.15, 0.2) is 15.9 Å². The molecule has 1 amide bonds. The maximum absolute atomic E-state index is 10.5. The van der Waals surface area contributed by atoms with Crippen molar-refractivity contribution in [2.45, 2.75) is 6.54 Å². The quantitative estimate of drug-likeness (QED) is 0.805. The lowest BCUT2D eigenvalue weighted by Crippen LogP contribution is -2.19. The second-order valence-electron chi connectivity index (χ2n) is 2.03. The Morgan fingerprint density at radius 1 is 1.83 bits per heavy atom. The standard InChI is InChI=1S/C7H5BrN2OS/c8-5-1-6(12-4-5)3-10-7(11)2-9/h1,4H,3H2,(H,10,11). The van der Waals surface area contributed by atoms with Gasteiger partial charge >= 0.3 is 5.91 Å². The van der Waals surface area contributed by atoms with Crippen molar-refractivity contribution in [3.8, 4) is 6.07 Å². The van der Waals surface area contributed by atoms with Crippen LogP contribution in [0.5, 0.6) is 0 Å². The molecule has 0 aliphatic rings. The van der Waals surface area contributed by atoms with Crippen LogP contribution in [0.2, 0.25) is 0 Å². The lowest BCUT2D eigenvalue weighted by Gasteiger charge is -1.94. The van der Waals surface area contributed by atoms with E-state index in [1.807, 2.05) is 11.4 Å². The van der Waals surface area contributed by atoms with Gasteiger partial charge in [-0.1, -0.05) is 0 Å². The lowest BCUT2D eigenvalue weighted by molar-refractivity contribution is -0.116. The van der Waals surface area contributed by atoms with E-state index >= 15 is 0 Å². The smallest absolute Gasteiger partial charge is 0.322 e. The van der Waals surface area contributed by atoms with E-state index in [9.17, 15) is 4.79 Å². The second-order valence-corrected chi connectivity index (χ2v) is 3.94. The fourth-order valence-corrected chi connectivity index (χ4v) is 2.04. The minimum Gasteiger partial charge on any atom is -0.339 e. The van der Waals surface area contributed by atoms with Gasteiger partial charge in [0, 0.05) is 14.7 Å². The normalized spacial score (nSPS) is 9.00. The van der Waals surface area contributed by atoms with Gasteiger partial charge in [0.05, 0.1) is 6.54 Å². The Morgan fingerprint density at radius 2 is 2.58 bits per heavy atom. The Morgan fingerprint density at radius 3 is 3.08 bits per heavy atom. The van der Waals surface area contributed by atoms with Gasteiger partial charge in [0.1, 0.15) is 0 Å². The number of amides is 1. The number of thiophene rings is 1. The SMILES string of the molecule is N#CC(=O)NCc1cc(Br)cs1. The number of carbonyl (C=O) groups is 1. The van der Waals surface area contributed by atoms with Gasteiger partial charge in [-0.2, -0.15) is 5.26 Å². The van der Waals surface area contributed by atoms with Crippen LogP contribution in [-0.4, -0.2) is 5.91 Å². The molecule has 3 nitrogen and oxygen atoms in total. The zero-order valence-electron chi connectivity index (χ0n) is 6.00. The molecular formula is C7H5BrN2OS. The summed E-state index contributed by atoms with van der Waals surface area (Å²) >= 11 is 4.82. The largest absolute Gasteiger partial charge is 0.339 e. The molecule has 0 radical (unpaired) electrons. The molecule has 0 fully saturated rings. The molecule has 1 aromatic heterocycles. The number of rotatable bonds is 2. The number of halogens is 1. The van der Waals surface area contributed by atoms with Gasteiger partial charge in [0.15, 0.2) is 6.07 Å². The second kappa shape index (κ2) is 4.24. The number of carbonyl (C=O) groups excluding carboxylic acids is 1. The number of hydrogen-bond donors (Lipinski definition) is 1. The zero-order chi connectivity index (χ0) is 8.97. The molecule has 0 aliphatic heterocycles. The van der Waals surface area contributed by atoms with Crippen LogP contribution >= 0.6 is 27.3 Å². The van der Waals surface area contributed by atoms with E-state index in [-0.39, 0.29) is 0 Å². The third kappa shape index (κ3) is 2.64. The summed E-state index contributed by atoms with van der Waals surface area (Å²) in [7, 11) is 0. The molecular weight excluding hydrogens is 240 g/mol. The third-order valence-electron chi connectivity index (χ3n) is 1.15. The molecule has 0 aliphatic carbocycles. The summed E-state index contributed by atoms with van der Waals surface area (Å²) in [6, 6.07) is 3.39. The highest BCUT2D eigenvalue weighted by atomic mass is 79.9. The first-order valence-electron chi connectivity index (χ1n) is 3.13. The predicted octanol–water partition coefficient (Wildman–Crippen LogP) is 1.65. The first kappa shape index (κ1) is 9.23. The average molecular weight is 245 g/mol. The summed E-state index contributed by atoms with van der Waals surface area (Å²) in [5, 5.41) is 12.5. The molecule has 1 aromatic rings. The van der Waals surface area contributed by atoms with Gasteiger partial charge in [-0.05, 0) is 22.0 Å². The Balaban J connectivity index is 2.44. The molecule has 1 N–H and O–H groups in total. The number of nitrogens with zero attached hydrogens (tertiary/aromatic N) is 1. The van der Waals surface area contributed by atoms with Crippen LogP contribution in [0.25, 0.3) is 0 Å². The van der Waals surface area contributed by atoms with Gasteiger partial charge in [0.2, 0.25) is 0 Å². The van der Waals surface area contributed by atoms with Gasteiger partial charge in [-0.3, -0.25) is 4.79 Å². The zero-order valence-corrected chi connectivity index (χ0v) is 8.41. The highest BCUT2D eigenvalue weighted by Crippen LogP contribution is 2.19. The first-order valence-corrected chi connectivity index (χ1v) is 4.80. The van der Waals surface area contributed by atoms with E-state index in [2.05, 4.69) is 21.2 Å². The molecule has 62 valence electrons. The molecule has 1 heterocycles. The van der Waals surface area contributed by atoms with Crippen LogP contribution in [0.4, 0.5) is 0 Å². The van der Waals surface area contributed by atoms with Gasteiger partial charge in [0.25, 0.3) is 0 Å². The van der Waals surface area contributed by atoms with Gasteiger partial charge in [-0.25, -0.2) is 0 Å². The van der Waals surface area contributed by atoms with Crippen LogP contribution in [-0.2, 0) is 11.3 Å². The van der Waals surface area contributed by atoms with Crippen molar-refractivity contribution < 1.29 is 4.79 Å². The molecule has 12 heavy (non-hydrogen) atoms. The topological polar surface area (TPSA) is 52.9 Å². The molecule has 0 bridgehead atoms. The average Bonchev–Trinajstić information content (AvgIpc) is 2.47. The summed E-state index contributed by atoms with van der Waals surface area (Å²) in [4.78, 5) is 11.5. The molecule has 0 atom stereocenters. The van der Waals surface area contributed by atoms with Crippen molar-refractivity contribution in [2.75, 3.05) is 0 Å². The summed E-state index contributed by atoms with van der Waals surface area (Å²) in [6.07, 6.45) is 0. The van der Waals surface area contributed by atoms with E-state index in [0.29, 0.717) is 6.54 Å². The highest BCUT2D eigenvalue weighted by Gasteiger charge is 1.99. The lowest BCUT2D eigenvalue weighted by atomic mass is 10.4. The fraction of sp³-hybridized carbons (Fsp3) is 0.143. The van der Waals surface area contributed by atoms with E-state index in [1.165, 1.54) is 17.4 Å². The van der Waals surface area contributed by atoms with Crippen molar-refractivity contribution in [2.24, 2.45) is 0 Å². The Hall–Kier alpha value is -0.860. The molecule has 0 unspecified atom stereocenters. The van der Waals surface area contributed by atoms with Crippen LogP contribution < -0.4 is 5.32 Å². The Kier molecular flexibility index (Phi) is 3.26. The Bertz CT molecular complexity index is 328. The van der Waals surface area contributed by atoms with Crippen molar-refractivity contribution in [1.29, 1.82) is 5.26 Å². The first-order chi connectivity index (χ1) is 5.72. The summed E-state index contributed by atoms with van der Waals surface area (Å²) in [5.74, 6) is -0.598. The number of nitrogens with one attached hydrogen (secondary N) is 1.